The van der Waals surface area contributed by atoms with Crippen molar-refractivity contribution in [2.24, 2.45) is 5.92 Å². The fourth-order valence-corrected chi connectivity index (χ4v) is 3.37. The molecule has 0 radical (unpaired) electrons. The van der Waals surface area contributed by atoms with Crippen molar-refractivity contribution in [1.82, 2.24) is 0 Å². The van der Waals surface area contributed by atoms with E-state index in [1.54, 1.807) is 0 Å². The fraction of sp³-hybridized carbons (Fsp3) is 1.00. The predicted molar refractivity (Wildman–Crippen MR) is 72.4 cm³/mol. The van der Waals surface area contributed by atoms with Crippen molar-refractivity contribution < 1.29 is 14.3 Å². The molecule has 0 saturated carbocycles. The zero-order chi connectivity index (χ0) is 13.4. The Morgan fingerprint density at radius 3 is 2.18 bits per heavy atom. The molecule has 0 aromatic carbocycles. The summed E-state index contributed by atoms with van der Waals surface area (Å²) < 4.78 is 11.8. The zero-order valence-corrected chi connectivity index (χ0v) is 13.3. The number of ether oxygens (including phenoxy) is 1. The Bertz CT molecular complexity index is 260. The summed E-state index contributed by atoms with van der Waals surface area (Å²) >= 11 is 0. The van der Waals surface area contributed by atoms with Gasteiger partial charge in [0, 0.05) is 5.92 Å². The second-order valence-corrected chi connectivity index (χ2v) is 11.4. The Hall–Kier alpha value is 0.0969. The minimum atomic E-state index is -1.84. The third kappa shape index (κ3) is 3.11. The van der Waals surface area contributed by atoms with Crippen molar-refractivity contribution in [2.75, 3.05) is 0 Å². The SMILES string of the molecule is CC[C@H]1OC(O)[C@H](O[Si](C)(C)C(C)(C)C)[C@@H]1C. The van der Waals surface area contributed by atoms with E-state index in [2.05, 4.69) is 47.7 Å². The van der Waals surface area contributed by atoms with Gasteiger partial charge in [-0.05, 0) is 24.6 Å². The van der Waals surface area contributed by atoms with Crippen LogP contribution in [0.25, 0.3) is 0 Å². The highest BCUT2D eigenvalue weighted by Gasteiger charge is 2.47. The van der Waals surface area contributed by atoms with Gasteiger partial charge in [-0.3, -0.25) is 0 Å². The molecule has 0 aromatic rings. The van der Waals surface area contributed by atoms with E-state index < -0.39 is 14.6 Å². The summed E-state index contributed by atoms with van der Waals surface area (Å²) in [5.74, 6) is 0.268. The average molecular weight is 260 g/mol. The second kappa shape index (κ2) is 5.00. The molecule has 3 nitrogen and oxygen atoms in total. The standard InChI is InChI=1S/C13H28O3Si/c1-8-10-9(2)11(12(14)15-10)16-17(6,7)13(3,4)5/h9-12,14H,8H2,1-7H3/t9-,10-,11-,12?/m1/s1. The Labute approximate surface area is 107 Å². The van der Waals surface area contributed by atoms with Crippen LogP contribution in [0.4, 0.5) is 0 Å². The van der Waals surface area contributed by atoms with E-state index in [1.807, 2.05) is 0 Å². The summed E-state index contributed by atoms with van der Waals surface area (Å²) in [5, 5.41) is 10.1. The van der Waals surface area contributed by atoms with Crippen LogP contribution < -0.4 is 0 Å². The van der Waals surface area contributed by atoms with Gasteiger partial charge in [-0.2, -0.15) is 0 Å². The minimum Gasteiger partial charge on any atom is -0.408 e. The average Bonchev–Trinajstić information content (AvgIpc) is 2.43. The molecule has 1 aliphatic rings. The molecule has 1 fully saturated rings. The van der Waals surface area contributed by atoms with Gasteiger partial charge in [-0.1, -0.05) is 34.6 Å². The first kappa shape index (κ1) is 15.2. The minimum absolute atomic E-state index is 0.125. The van der Waals surface area contributed by atoms with Crippen molar-refractivity contribution in [1.29, 1.82) is 0 Å². The molecular weight excluding hydrogens is 232 g/mol. The molecular formula is C13H28O3Si. The first-order valence-electron chi connectivity index (χ1n) is 6.61. The number of hydrogen-bond acceptors (Lipinski definition) is 3. The topological polar surface area (TPSA) is 38.7 Å². The van der Waals surface area contributed by atoms with Crippen LogP contribution >= 0.6 is 0 Å². The van der Waals surface area contributed by atoms with Crippen LogP contribution in [0.3, 0.4) is 0 Å². The van der Waals surface area contributed by atoms with E-state index in [9.17, 15) is 5.11 Å². The number of hydrogen-bond donors (Lipinski definition) is 1. The van der Waals surface area contributed by atoms with Crippen LogP contribution in [0.2, 0.25) is 18.1 Å². The van der Waals surface area contributed by atoms with Gasteiger partial charge in [0.1, 0.15) is 6.10 Å². The smallest absolute Gasteiger partial charge is 0.192 e. The third-order valence-electron chi connectivity index (χ3n) is 4.34. The number of aliphatic hydroxyl groups is 1. The van der Waals surface area contributed by atoms with Crippen molar-refractivity contribution >= 4 is 8.32 Å². The summed E-state index contributed by atoms with van der Waals surface area (Å²) in [6.07, 6.45) is 0.125. The van der Waals surface area contributed by atoms with Gasteiger partial charge >= 0.3 is 0 Å². The quantitative estimate of drug-likeness (QED) is 0.792. The van der Waals surface area contributed by atoms with Crippen molar-refractivity contribution in [3.63, 3.8) is 0 Å². The molecule has 4 atom stereocenters. The van der Waals surface area contributed by atoms with Crippen LogP contribution in [0.1, 0.15) is 41.0 Å². The van der Waals surface area contributed by atoms with E-state index >= 15 is 0 Å². The van der Waals surface area contributed by atoms with Gasteiger partial charge in [0.2, 0.25) is 0 Å². The molecule has 4 heteroatoms. The van der Waals surface area contributed by atoms with Gasteiger partial charge < -0.3 is 14.3 Å². The van der Waals surface area contributed by atoms with Crippen molar-refractivity contribution in [2.45, 2.75) is 77.7 Å². The number of rotatable bonds is 3. The molecule has 1 unspecified atom stereocenters. The van der Waals surface area contributed by atoms with Gasteiger partial charge in [0.05, 0.1) is 6.10 Å². The molecule has 0 spiro atoms. The molecule has 1 aliphatic heterocycles. The maximum atomic E-state index is 9.96. The Balaban J connectivity index is 2.75. The fourth-order valence-electron chi connectivity index (χ4n) is 2.00. The molecule has 17 heavy (non-hydrogen) atoms. The van der Waals surface area contributed by atoms with E-state index in [1.165, 1.54) is 0 Å². The van der Waals surface area contributed by atoms with Gasteiger partial charge in [-0.15, -0.1) is 0 Å². The first-order valence-corrected chi connectivity index (χ1v) is 9.52. The summed E-state index contributed by atoms with van der Waals surface area (Å²) in [7, 11) is -1.84. The molecule has 1 saturated heterocycles. The molecule has 102 valence electrons. The lowest BCUT2D eigenvalue weighted by atomic mass is 9.99. The van der Waals surface area contributed by atoms with Crippen molar-refractivity contribution in [3.8, 4) is 0 Å². The molecule has 1 rings (SSSR count). The van der Waals surface area contributed by atoms with Gasteiger partial charge in [0.15, 0.2) is 14.6 Å². The lowest BCUT2D eigenvalue weighted by Gasteiger charge is -2.39. The Morgan fingerprint density at radius 1 is 1.29 bits per heavy atom. The van der Waals surface area contributed by atoms with Crippen LogP contribution in [0, 0.1) is 5.92 Å². The molecule has 1 N–H and O–H groups in total. The van der Waals surface area contributed by atoms with E-state index in [4.69, 9.17) is 9.16 Å². The highest BCUT2D eigenvalue weighted by atomic mass is 28.4. The largest absolute Gasteiger partial charge is 0.408 e. The Kier molecular flexibility index (Phi) is 4.45. The third-order valence-corrected chi connectivity index (χ3v) is 8.81. The Morgan fingerprint density at radius 2 is 1.82 bits per heavy atom. The highest BCUT2D eigenvalue weighted by molar-refractivity contribution is 6.74. The number of aliphatic hydroxyl groups excluding tert-OH is 1. The first-order chi connectivity index (χ1) is 7.60. The summed E-state index contributed by atoms with van der Waals surface area (Å²) in [5.41, 5.74) is 0. The summed E-state index contributed by atoms with van der Waals surface area (Å²) in [6, 6.07) is 0. The maximum absolute atomic E-state index is 9.96. The van der Waals surface area contributed by atoms with Crippen molar-refractivity contribution in [3.05, 3.63) is 0 Å². The van der Waals surface area contributed by atoms with E-state index in [0.717, 1.165) is 6.42 Å². The van der Waals surface area contributed by atoms with E-state index in [-0.39, 0.29) is 23.2 Å². The normalized spacial score (nSPS) is 35.3. The van der Waals surface area contributed by atoms with Gasteiger partial charge in [-0.25, -0.2) is 0 Å². The predicted octanol–water partition coefficient (Wildman–Crippen LogP) is 3.14. The molecule has 0 bridgehead atoms. The summed E-state index contributed by atoms with van der Waals surface area (Å²) in [4.78, 5) is 0. The molecule has 0 amide bonds. The van der Waals surface area contributed by atoms with Gasteiger partial charge in [0.25, 0.3) is 0 Å². The maximum Gasteiger partial charge on any atom is 0.192 e. The molecule has 0 aliphatic carbocycles. The monoisotopic (exact) mass is 260 g/mol. The second-order valence-electron chi connectivity index (χ2n) is 6.68. The van der Waals surface area contributed by atoms with Crippen LogP contribution in [-0.4, -0.2) is 31.9 Å². The summed E-state index contributed by atoms with van der Waals surface area (Å²) in [6.45, 7) is 15.3. The van der Waals surface area contributed by atoms with E-state index in [0.29, 0.717) is 0 Å². The van der Waals surface area contributed by atoms with Crippen LogP contribution in [0.5, 0.6) is 0 Å². The highest BCUT2D eigenvalue weighted by Crippen LogP contribution is 2.40. The van der Waals surface area contributed by atoms with Crippen LogP contribution in [-0.2, 0) is 9.16 Å². The molecule has 0 aromatic heterocycles. The van der Waals surface area contributed by atoms with Crippen LogP contribution in [0.15, 0.2) is 0 Å². The zero-order valence-electron chi connectivity index (χ0n) is 12.3. The lowest BCUT2D eigenvalue weighted by molar-refractivity contribution is -0.123. The molecule has 1 heterocycles. The lowest BCUT2D eigenvalue weighted by Crippen LogP contribution is -2.47.